The Hall–Kier alpha value is -1.46. The summed E-state index contributed by atoms with van der Waals surface area (Å²) in [5, 5.41) is 8.90. The molecule has 0 aromatic heterocycles. The summed E-state index contributed by atoms with van der Waals surface area (Å²) < 4.78 is 13.3. The van der Waals surface area contributed by atoms with E-state index in [1.165, 1.54) is 6.07 Å². The van der Waals surface area contributed by atoms with Gasteiger partial charge in [0.15, 0.2) is 0 Å². The van der Waals surface area contributed by atoms with Crippen LogP contribution in [0.1, 0.15) is 30.4 Å². The molecule has 1 saturated heterocycles. The molecule has 1 aliphatic rings. The maximum atomic E-state index is 13.3. The van der Waals surface area contributed by atoms with E-state index in [0.29, 0.717) is 11.6 Å². The van der Waals surface area contributed by atoms with Crippen molar-refractivity contribution >= 4 is 5.97 Å². The highest BCUT2D eigenvalue weighted by Crippen LogP contribution is 2.18. The minimum Gasteiger partial charge on any atom is -0.480 e. The van der Waals surface area contributed by atoms with E-state index in [1.54, 1.807) is 6.92 Å². The third-order valence-electron chi connectivity index (χ3n) is 4.43. The quantitative estimate of drug-likeness (QED) is 0.908. The Morgan fingerprint density at radius 2 is 2.18 bits per heavy atom. The molecule has 5 heteroatoms. The van der Waals surface area contributed by atoms with Gasteiger partial charge in [-0.3, -0.25) is 14.6 Å². The summed E-state index contributed by atoms with van der Waals surface area (Å²) in [5.41, 5.74) is 1.82. The van der Waals surface area contributed by atoms with Crippen LogP contribution in [-0.4, -0.2) is 53.6 Å². The number of likely N-dealkylation sites (N-methyl/N-ethyl adjacent to an activating group) is 1. The van der Waals surface area contributed by atoms with E-state index in [1.807, 2.05) is 24.1 Å². The van der Waals surface area contributed by atoms with Gasteiger partial charge in [0.05, 0.1) is 6.54 Å². The molecule has 1 aromatic rings. The number of carbonyl (C=O) groups is 1. The van der Waals surface area contributed by atoms with Gasteiger partial charge in [-0.05, 0) is 63.5 Å². The molecule has 1 atom stereocenters. The maximum absolute atomic E-state index is 13.3. The fourth-order valence-electron chi connectivity index (χ4n) is 3.14. The lowest BCUT2D eigenvalue weighted by atomic mass is 10.1. The van der Waals surface area contributed by atoms with E-state index in [0.717, 1.165) is 44.5 Å². The summed E-state index contributed by atoms with van der Waals surface area (Å²) in [4.78, 5) is 15.1. The van der Waals surface area contributed by atoms with Crippen molar-refractivity contribution in [3.8, 4) is 0 Å². The normalized spacial score (nSPS) is 20.1. The summed E-state index contributed by atoms with van der Waals surface area (Å²) in [7, 11) is 1.89. The predicted molar refractivity (Wildman–Crippen MR) is 84.3 cm³/mol. The number of carboxylic acids is 1. The van der Waals surface area contributed by atoms with Gasteiger partial charge in [-0.25, -0.2) is 4.39 Å². The topological polar surface area (TPSA) is 43.8 Å². The highest BCUT2D eigenvalue weighted by atomic mass is 19.1. The van der Waals surface area contributed by atoms with Crippen LogP contribution in [0, 0.1) is 12.7 Å². The number of likely N-dealkylation sites (tertiary alicyclic amines) is 1. The first-order valence-corrected chi connectivity index (χ1v) is 7.85. The Labute approximate surface area is 131 Å². The number of benzene rings is 1. The van der Waals surface area contributed by atoms with Gasteiger partial charge < -0.3 is 5.11 Å². The van der Waals surface area contributed by atoms with E-state index in [4.69, 9.17) is 5.11 Å². The van der Waals surface area contributed by atoms with Crippen LogP contribution in [0.15, 0.2) is 18.2 Å². The monoisotopic (exact) mass is 308 g/mol. The zero-order valence-corrected chi connectivity index (χ0v) is 13.4. The third kappa shape index (κ3) is 4.78. The number of aliphatic carboxylic acids is 1. The van der Waals surface area contributed by atoms with Crippen LogP contribution in [-0.2, 0) is 11.3 Å². The van der Waals surface area contributed by atoms with Crippen LogP contribution >= 0.6 is 0 Å². The van der Waals surface area contributed by atoms with E-state index >= 15 is 0 Å². The Bertz CT molecular complexity index is 521. The molecule has 0 saturated carbocycles. The number of carboxylic acid groups (broad SMARTS) is 1. The van der Waals surface area contributed by atoms with Crippen LogP contribution in [0.4, 0.5) is 4.39 Å². The minimum absolute atomic E-state index is 0.0990. The van der Waals surface area contributed by atoms with Crippen molar-refractivity contribution in [2.75, 3.05) is 26.7 Å². The molecule has 0 amide bonds. The van der Waals surface area contributed by atoms with E-state index < -0.39 is 5.97 Å². The molecule has 0 aliphatic carbocycles. The predicted octanol–water partition coefficient (Wildman–Crippen LogP) is 2.51. The molecule has 1 aliphatic heterocycles. The molecule has 1 heterocycles. The third-order valence-corrected chi connectivity index (χ3v) is 4.43. The lowest BCUT2D eigenvalue weighted by Crippen LogP contribution is -2.36. The number of rotatable bonds is 5. The zero-order chi connectivity index (χ0) is 16.1. The smallest absolute Gasteiger partial charge is 0.317 e. The molecule has 22 heavy (non-hydrogen) atoms. The molecule has 0 radical (unpaired) electrons. The maximum Gasteiger partial charge on any atom is 0.317 e. The molecule has 122 valence electrons. The van der Waals surface area contributed by atoms with Gasteiger partial charge in [0.25, 0.3) is 0 Å². The summed E-state index contributed by atoms with van der Waals surface area (Å²) in [6, 6.07) is 5.62. The second kappa shape index (κ2) is 7.70. The van der Waals surface area contributed by atoms with Crippen LogP contribution in [0.25, 0.3) is 0 Å². The average Bonchev–Trinajstić information content (AvgIpc) is 2.68. The second-order valence-electron chi connectivity index (χ2n) is 6.25. The van der Waals surface area contributed by atoms with E-state index in [2.05, 4.69) is 4.90 Å². The van der Waals surface area contributed by atoms with Gasteiger partial charge >= 0.3 is 5.97 Å². The number of hydrogen-bond donors (Lipinski definition) is 1. The van der Waals surface area contributed by atoms with Crippen molar-refractivity contribution in [1.82, 2.24) is 9.80 Å². The highest BCUT2D eigenvalue weighted by molar-refractivity contribution is 5.69. The fraction of sp³-hybridized carbons (Fsp3) is 0.588. The lowest BCUT2D eigenvalue weighted by molar-refractivity contribution is -0.138. The Kier molecular flexibility index (Phi) is 5.91. The first-order chi connectivity index (χ1) is 10.5. The Balaban J connectivity index is 1.89. The Morgan fingerprint density at radius 3 is 2.86 bits per heavy atom. The highest BCUT2D eigenvalue weighted by Gasteiger charge is 2.21. The summed E-state index contributed by atoms with van der Waals surface area (Å²) in [5.74, 6) is -0.930. The standard InChI is InChI=1S/C17H25FN2O2/c1-13-10-14(5-6-16(13)18)11-20-8-3-4-15(7-9-20)19(2)12-17(21)22/h5-6,10,15H,3-4,7-9,11-12H2,1-2H3,(H,21,22). The van der Waals surface area contributed by atoms with Crippen LogP contribution in [0.3, 0.4) is 0 Å². The summed E-state index contributed by atoms with van der Waals surface area (Å²) in [6.07, 6.45) is 3.07. The number of hydrogen-bond acceptors (Lipinski definition) is 3. The molecule has 1 unspecified atom stereocenters. The fourth-order valence-corrected chi connectivity index (χ4v) is 3.14. The summed E-state index contributed by atoms with van der Waals surface area (Å²) >= 11 is 0. The molecule has 1 aromatic carbocycles. The van der Waals surface area contributed by atoms with Crippen molar-refractivity contribution in [2.45, 2.75) is 38.8 Å². The molecule has 1 fully saturated rings. The van der Waals surface area contributed by atoms with Gasteiger partial charge in [-0.2, -0.15) is 0 Å². The molecule has 2 rings (SSSR count). The zero-order valence-electron chi connectivity index (χ0n) is 13.4. The van der Waals surface area contributed by atoms with Crippen molar-refractivity contribution in [2.24, 2.45) is 0 Å². The molecular weight excluding hydrogens is 283 g/mol. The second-order valence-corrected chi connectivity index (χ2v) is 6.25. The number of nitrogens with zero attached hydrogens (tertiary/aromatic N) is 2. The largest absolute Gasteiger partial charge is 0.480 e. The van der Waals surface area contributed by atoms with Crippen LogP contribution < -0.4 is 0 Å². The van der Waals surface area contributed by atoms with Crippen molar-refractivity contribution in [3.63, 3.8) is 0 Å². The van der Waals surface area contributed by atoms with Crippen LogP contribution in [0.5, 0.6) is 0 Å². The number of halogens is 1. The van der Waals surface area contributed by atoms with E-state index in [9.17, 15) is 9.18 Å². The first-order valence-electron chi connectivity index (χ1n) is 7.85. The van der Waals surface area contributed by atoms with Crippen LogP contribution in [0.2, 0.25) is 0 Å². The van der Waals surface area contributed by atoms with Crippen molar-refractivity contribution in [3.05, 3.63) is 35.1 Å². The molecule has 0 spiro atoms. The first kappa shape index (κ1) is 16.9. The van der Waals surface area contributed by atoms with Gasteiger partial charge in [-0.15, -0.1) is 0 Å². The van der Waals surface area contributed by atoms with Gasteiger partial charge in [0, 0.05) is 12.6 Å². The minimum atomic E-state index is -0.773. The van der Waals surface area contributed by atoms with Crippen molar-refractivity contribution < 1.29 is 14.3 Å². The van der Waals surface area contributed by atoms with E-state index in [-0.39, 0.29) is 12.4 Å². The Morgan fingerprint density at radius 1 is 1.41 bits per heavy atom. The van der Waals surface area contributed by atoms with Gasteiger partial charge in [0.1, 0.15) is 5.82 Å². The van der Waals surface area contributed by atoms with Gasteiger partial charge in [-0.1, -0.05) is 12.1 Å². The molecular formula is C17H25FN2O2. The van der Waals surface area contributed by atoms with Crippen molar-refractivity contribution in [1.29, 1.82) is 0 Å². The average molecular weight is 308 g/mol. The summed E-state index contributed by atoms with van der Waals surface area (Å²) in [6.45, 7) is 4.68. The molecule has 4 nitrogen and oxygen atoms in total. The molecule has 1 N–H and O–H groups in total. The lowest BCUT2D eigenvalue weighted by Gasteiger charge is -2.25. The molecule has 0 bridgehead atoms. The SMILES string of the molecule is Cc1cc(CN2CCCC(N(C)CC(=O)O)CC2)ccc1F. The number of aryl methyl sites for hydroxylation is 1. The van der Waals surface area contributed by atoms with Gasteiger partial charge in [0.2, 0.25) is 0 Å².